The highest BCUT2D eigenvalue weighted by Crippen LogP contribution is 2.20. The summed E-state index contributed by atoms with van der Waals surface area (Å²) in [6.45, 7) is -0.579. The molecule has 0 aliphatic carbocycles. The molecule has 2 amide bonds. The van der Waals surface area contributed by atoms with Gasteiger partial charge in [-0.2, -0.15) is 13.2 Å². The fraction of sp³-hybridized carbons (Fsp3) is 0.333. The van der Waals surface area contributed by atoms with Crippen LogP contribution >= 0.6 is 0 Å². The maximum absolute atomic E-state index is 13.5. The van der Waals surface area contributed by atoms with E-state index in [1.54, 1.807) is 0 Å². The van der Waals surface area contributed by atoms with E-state index in [1.807, 2.05) is 0 Å². The van der Waals surface area contributed by atoms with Crippen molar-refractivity contribution in [3.8, 4) is 0 Å². The van der Waals surface area contributed by atoms with Crippen molar-refractivity contribution in [3.05, 3.63) is 29.6 Å². The number of carbonyl (C=O) groups excluding carboxylic acids is 1. The molecule has 9 heteroatoms. The Kier molecular flexibility index (Phi) is 5.12. The zero-order chi connectivity index (χ0) is 16.2. The van der Waals surface area contributed by atoms with Crippen molar-refractivity contribution < 1.29 is 32.3 Å². The second-order valence-electron chi connectivity index (χ2n) is 4.22. The SMILES string of the molecule is CN(CCC(F)(F)F)C(=O)Nc1ccc(C(=O)O)cc1F. The van der Waals surface area contributed by atoms with Crippen LogP contribution in [-0.4, -0.2) is 41.8 Å². The molecule has 0 atom stereocenters. The number of benzene rings is 1. The summed E-state index contributed by atoms with van der Waals surface area (Å²) in [6, 6.07) is 1.86. The van der Waals surface area contributed by atoms with Crippen LogP contribution in [0.1, 0.15) is 16.8 Å². The van der Waals surface area contributed by atoms with Crippen LogP contribution in [0.4, 0.5) is 28.0 Å². The van der Waals surface area contributed by atoms with Crippen molar-refractivity contribution in [2.45, 2.75) is 12.6 Å². The zero-order valence-corrected chi connectivity index (χ0v) is 10.9. The van der Waals surface area contributed by atoms with Crippen molar-refractivity contribution in [2.75, 3.05) is 18.9 Å². The summed E-state index contributed by atoms with van der Waals surface area (Å²) in [6.07, 6.45) is -5.58. The Morgan fingerprint density at radius 1 is 1.33 bits per heavy atom. The molecule has 1 rings (SSSR count). The van der Waals surface area contributed by atoms with Crippen LogP contribution in [0, 0.1) is 5.82 Å². The molecular formula is C12H12F4N2O3. The number of hydrogen-bond donors (Lipinski definition) is 2. The quantitative estimate of drug-likeness (QED) is 0.840. The van der Waals surface area contributed by atoms with Gasteiger partial charge in [-0.05, 0) is 18.2 Å². The molecule has 0 spiro atoms. The first-order valence-electron chi connectivity index (χ1n) is 5.72. The van der Waals surface area contributed by atoms with Crippen LogP contribution in [-0.2, 0) is 0 Å². The van der Waals surface area contributed by atoms with Crippen molar-refractivity contribution in [3.63, 3.8) is 0 Å². The molecule has 2 N–H and O–H groups in total. The average molecular weight is 308 g/mol. The highest BCUT2D eigenvalue weighted by molar-refractivity contribution is 5.91. The summed E-state index contributed by atoms with van der Waals surface area (Å²) in [4.78, 5) is 22.9. The Morgan fingerprint density at radius 3 is 2.43 bits per heavy atom. The number of urea groups is 1. The number of hydrogen-bond acceptors (Lipinski definition) is 2. The Bertz CT molecular complexity index is 546. The van der Waals surface area contributed by atoms with Gasteiger partial charge in [-0.1, -0.05) is 0 Å². The lowest BCUT2D eigenvalue weighted by atomic mass is 10.2. The number of carboxylic acids is 1. The van der Waals surface area contributed by atoms with Gasteiger partial charge in [0.05, 0.1) is 17.7 Å². The van der Waals surface area contributed by atoms with E-state index in [9.17, 15) is 27.2 Å². The fourth-order valence-electron chi connectivity index (χ4n) is 1.36. The summed E-state index contributed by atoms with van der Waals surface area (Å²) in [5.74, 6) is -2.33. The summed E-state index contributed by atoms with van der Waals surface area (Å²) < 4.78 is 49.6. The van der Waals surface area contributed by atoms with Gasteiger partial charge < -0.3 is 15.3 Å². The van der Waals surface area contributed by atoms with E-state index in [0.717, 1.165) is 24.1 Å². The Hall–Kier alpha value is -2.32. The molecule has 21 heavy (non-hydrogen) atoms. The van der Waals surface area contributed by atoms with E-state index in [4.69, 9.17) is 5.11 Å². The van der Waals surface area contributed by atoms with E-state index < -0.39 is 37.0 Å². The summed E-state index contributed by atoms with van der Waals surface area (Å²) in [5, 5.41) is 10.7. The molecule has 0 saturated heterocycles. The molecule has 0 aromatic heterocycles. The van der Waals surface area contributed by atoms with E-state index in [-0.39, 0.29) is 11.3 Å². The molecule has 0 unspecified atom stereocenters. The monoisotopic (exact) mass is 308 g/mol. The maximum atomic E-state index is 13.5. The highest BCUT2D eigenvalue weighted by atomic mass is 19.4. The first-order valence-corrected chi connectivity index (χ1v) is 5.72. The highest BCUT2D eigenvalue weighted by Gasteiger charge is 2.28. The predicted molar refractivity (Wildman–Crippen MR) is 65.7 cm³/mol. The molecular weight excluding hydrogens is 296 g/mol. The van der Waals surface area contributed by atoms with Crippen molar-refractivity contribution in [1.82, 2.24) is 4.90 Å². The maximum Gasteiger partial charge on any atom is 0.390 e. The average Bonchev–Trinajstić information content (AvgIpc) is 2.37. The van der Waals surface area contributed by atoms with E-state index in [2.05, 4.69) is 5.32 Å². The van der Waals surface area contributed by atoms with Crippen molar-refractivity contribution in [2.24, 2.45) is 0 Å². The fourth-order valence-corrected chi connectivity index (χ4v) is 1.36. The molecule has 0 heterocycles. The Balaban J connectivity index is 2.68. The number of amides is 2. The molecule has 0 saturated carbocycles. The predicted octanol–water partition coefficient (Wildman–Crippen LogP) is 2.94. The first-order chi connectivity index (χ1) is 9.60. The van der Waals surface area contributed by atoms with Crippen molar-refractivity contribution in [1.29, 1.82) is 0 Å². The molecule has 116 valence electrons. The van der Waals surface area contributed by atoms with Crippen LogP contribution in [0.3, 0.4) is 0 Å². The van der Waals surface area contributed by atoms with Gasteiger partial charge in [0.2, 0.25) is 0 Å². The number of halogens is 4. The number of carboxylic acid groups (broad SMARTS) is 1. The lowest BCUT2D eigenvalue weighted by molar-refractivity contribution is -0.135. The van der Waals surface area contributed by atoms with Crippen LogP contribution in [0.5, 0.6) is 0 Å². The number of anilines is 1. The molecule has 0 aliphatic rings. The van der Waals surface area contributed by atoms with Gasteiger partial charge in [0.1, 0.15) is 5.82 Å². The van der Waals surface area contributed by atoms with Gasteiger partial charge in [0.15, 0.2) is 0 Å². The molecule has 5 nitrogen and oxygen atoms in total. The first kappa shape index (κ1) is 16.7. The standard InChI is InChI=1S/C12H12F4N2O3/c1-18(5-4-12(14,15)16)11(21)17-9-3-2-7(10(19)20)6-8(9)13/h2-3,6H,4-5H2,1H3,(H,17,21)(H,19,20). The number of nitrogens with zero attached hydrogens (tertiary/aromatic N) is 1. The van der Waals surface area contributed by atoms with Crippen LogP contribution in [0.15, 0.2) is 18.2 Å². The Morgan fingerprint density at radius 2 is 1.95 bits per heavy atom. The van der Waals surface area contributed by atoms with E-state index in [0.29, 0.717) is 6.07 Å². The number of rotatable bonds is 4. The summed E-state index contributed by atoms with van der Waals surface area (Å²) in [5.41, 5.74) is -0.625. The Labute approximate surface area is 117 Å². The third-order valence-corrected chi connectivity index (χ3v) is 2.54. The summed E-state index contributed by atoms with van der Waals surface area (Å²) in [7, 11) is 1.13. The molecule has 0 fully saturated rings. The van der Waals surface area contributed by atoms with Gasteiger partial charge >= 0.3 is 18.2 Å². The van der Waals surface area contributed by atoms with E-state index >= 15 is 0 Å². The van der Waals surface area contributed by atoms with E-state index in [1.165, 1.54) is 0 Å². The van der Waals surface area contributed by atoms with Crippen LogP contribution in [0.25, 0.3) is 0 Å². The lowest BCUT2D eigenvalue weighted by Crippen LogP contribution is -2.34. The van der Waals surface area contributed by atoms with Crippen LogP contribution < -0.4 is 5.32 Å². The number of alkyl halides is 3. The normalized spacial score (nSPS) is 11.1. The minimum absolute atomic E-state index is 0.309. The smallest absolute Gasteiger partial charge is 0.390 e. The minimum atomic E-state index is -4.40. The molecule has 1 aromatic carbocycles. The van der Waals surface area contributed by atoms with Crippen LogP contribution in [0.2, 0.25) is 0 Å². The second-order valence-corrected chi connectivity index (χ2v) is 4.22. The van der Waals surface area contributed by atoms with Gasteiger partial charge in [-0.15, -0.1) is 0 Å². The molecule has 0 bridgehead atoms. The largest absolute Gasteiger partial charge is 0.478 e. The summed E-state index contributed by atoms with van der Waals surface area (Å²) >= 11 is 0. The topological polar surface area (TPSA) is 69.6 Å². The minimum Gasteiger partial charge on any atom is -0.478 e. The third kappa shape index (κ3) is 5.28. The van der Waals surface area contributed by atoms with Crippen molar-refractivity contribution >= 4 is 17.7 Å². The number of aromatic carboxylic acids is 1. The second kappa shape index (κ2) is 6.42. The third-order valence-electron chi connectivity index (χ3n) is 2.54. The number of nitrogens with one attached hydrogen (secondary N) is 1. The molecule has 0 aliphatic heterocycles. The van der Waals surface area contributed by atoms with Gasteiger partial charge in [-0.3, -0.25) is 0 Å². The number of carbonyl (C=O) groups is 2. The van der Waals surface area contributed by atoms with Gasteiger partial charge in [0.25, 0.3) is 0 Å². The zero-order valence-electron chi connectivity index (χ0n) is 10.9. The molecule has 0 radical (unpaired) electrons. The lowest BCUT2D eigenvalue weighted by Gasteiger charge is -2.19. The van der Waals surface area contributed by atoms with Gasteiger partial charge in [-0.25, -0.2) is 14.0 Å². The molecule has 1 aromatic rings. The van der Waals surface area contributed by atoms with Gasteiger partial charge in [0, 0.05) is 13.6 Å².